The van der Waals surface area contributed by atoms with E-state index >= 15 is 0 Å². The van der Waals surface area contributed by atoms with Gasteiger partial charge in [-0.05, 0) is 47.9 Å². The minimum absolute atomic E-state index is 0.120. The van der Waals surface area contributed by atoms with Crippen LogP contribution in [-0.2, 0) is 16.0 Å². The van der Waals surface area contributed by atoms with Crippen molar-refractivity contribution in [2.75, 3.05) is 43.9 Å². The SMILES string of the molecule is CC(C)c1ccc(NC(=O)CSc2nnc(CCN3CCOCC3)n2-c2ccc(F)cc2)cc1. The number of hydrogen-bond acceptors (Lipinski definition) is 6. The van der Waals surface area contributed by atoms with Crippen molar-refractivity contribution in [3.63, 3.8) is 0 Å². The van der Waals surface area contributed by atoms with Crippen LogP contribution < -0.4 is 5.32 Å². The summed E-state index contributed by atoms with van der Waals surface area (Å²) in [6, 6.07) is 14.1. The fraction of sp³-hybridized carbons (Fsp3) is 0.400. The molecule has 0 radical (unpaired) electrons. The number of hydrogen-bond donors (Lipinski definition) is 1. The van der Waals surface area contributed by atoms with E-state index in [2.05, 4.69) is 34.3 Å². The van der Waals surface area contributed by atoms with Crippen molar-refractivity contribution < 1.29 is 13.9 Å². The first kappa shape index (κ1) is 24.4. The molecule has 0 saturated carbocycles. The summed E-state index contributed by atoms with van der Waals surface area (Å²) in [6.07, 6.45) is 0.694. The fourth-order valence-corrected chi connectivity index (χ4v) is 4.54. The van der Waals surface area contributed by atoms with Crippen molar-refractivity contribution in [2.45, 2.75) is 31.3 Å². The van der Waals surface area contributed by atoms with Gasteiger partial charge in [0.25, 0.3) is 0 Å². The number of carbonyl (C=O) groups excluding carboxylic acids is 1. The van der Waals surface area contributed by atoms with Crippen molar-refractivity contribution in [1.29, 1.82) is 0 Å². The second kappa shape index (κ2) is 11.6. The lowest BCUT2D eigenvalue weighted by Crippen LogP contribution is -2.37. The molecule has 0 spiro atoms. The van der Waals surface area contributed by atoms with Gasteiger partial charge in [-0.15, -0.1) is 10.2 Å². The van der Waals surface area contributed by atoms with Crippen molar-refractivity contribution >= 4 is 23.4 Å². The molecule has 1 fully saturated rings. The highest BCUT2D eigenvalue weighted by atomic mass is 32.2. The maximum atomic E-state index is 13.5. The average molecular weight is 484 g/mol. The largest absolute Gasteiger partial charge is 0.379 e. The first-order valence-electron chi connectivity index (χ1n) is 11.5. The predicted octanol–water partition coefficient (Wildman–Crippen LogP) is 4.14. The van der Waals surface area contributed by atoms with Crippen LogP contribution in [0, 0.1) is 5.82 Å². The molecule has 0 unspecified atom stereocenters. The van der Waals surface area contributed by atoms with Crippen LogP contribution in [0.15, 0.2) is 53.7 Å². The minimum Gasteiger partial charge on any atom is -0.379 e. The maximum Gasteiger partial charge on any atom is 0.234 e. The predicted molar refractivity (Wildman–Crippen MR) is 132 cm³/mol. The second-order valence-electron chi connectivity index (χ2n) is 8.53. The van der Waals surface area contributed by atoms with Crippen molar-refractivity contribution in [3.8, 4) is 5.69 Å². The lowest BCUT2D eigenvalue weighted by molar-refractivity contribution is -0.113. The summed E-state index contributed by atoms with van der Waals surface area (Å²) < 4.78 is 20.9. The molecular weight excluding hydrogens is 453 g/mol. The van der Waals surface area contributed by atoms with Gasteiger partial charge >= 0.3 is 0 Å². The van der Waals surface area contributed by atoms with Crippen LogP contribution in [0.4, 0.5) is 10.1 Å². The molecule has 2 aromatic carbocycles. The average Bonchev–Trinajstić information content (AvgIpc) is 3.25. The van der Waals surface area contributed by atoms with E-state index in [0.717, 1.165) is 50.0 Å². The molecule has 1 N–H and O–H groups in total. The zero-order valence-electron chi connectivity index (χ0n) is 19.5. The van der Waals surface area contributed by atoms with Crippen LogP contribution in [0.25, 0.3) is 5.69 Å². The molecular formula is C25H30FN5O2S. The number of halogens is 1. The van der Waals surface area contributed by atoms with E-state index in [1.54, 1.807) is 12.1 Å². The van der Waals surface area contributed by atoms with Crippen molar-refractivity contribution in [2.24, 2.45) is 0 Å². The molecule has 34 heavy (non-hydrogen) atoms. The zero-order chi connectivity index (χ0) is 23.9. The molecule has 1 aliphatic heterocycles. The Bertz CT molecular complexity index is 1080. The number of carbonyl (C=O) groups is 1. The van der Waals surface area contributed by atoms with Gasteiger partial charge in [0, 0.05) is 37.4 Å². The van der Waals surface area contributed by atoms with Crippen LogP contribution >= 0.6 is 11.8 Å². The van der Waals surface area contributed by atoms with Gasteiger partial charge in [-0.25, -0.2) is 4.39 Å². The number of anilines is 1. The summed E-state index contributed by atoms with van der Waals surface area (Å²) in [5.74, 6) is 0.991. The lowest BCUT2D eigenvalue weighted by Gasteiger charge is -2.26. The summed E-state index contributed by atoms with van der Waals surface area (Å²) in [5, 5.41) is 12.3. The fourth-order valence-electron chi connectivity index (χ4n) is 3.77. The topological polar surface area (TPSA) is 72.3 Å². The molecule has 0 aliphatic carbocycles. The summed E-state index contributed by atoms with van der Waals surface area (Å²) >= 11 is 1.31. The summed E-state index contributed by atoms with van der Waals surface area (Å²) in [4.78, 5) is 14.9. The molecule has 7 nitrogen and oxygen atoms in total. The lowest BCUT2D eigenvalue weighted by atomic mass is 10.0. The molecule has 0 atom stereocenters. The first-order chi connectivity index (χ1) is 16.5. The number of rotatable bonds is 9. The third kappa shape index (κ3) is 6.43. The monoisotopic (exact) mass is 483 g/mol. The number of nitrogens with one attached hydrogen (secondary N) is 1. The van der Waals surface area contributed by atoms with Crippen LogP contribution in [0.2, 0.25) is 0 Å². The molecule has 1 aliphatic rings. The number of benzene rings is 2. The highest BCUT2D eigenvalue weighted by Crippen LogP contribution is 2.24. The number of aromatic nitrogens is 3. The van der Waals surface area contributed by atoms with Crippen molar-refractivity contribution in [3.05, 3.63) is 65.7 Å². The Balaban J connectivity index is 1.44. The number of nitrogens with zero attached hydrogens (tertiary/aromatic N) is 4. The molecule has 3 aromatic rings. The smallest absolute Gasteiger partial charge is 0.234 e. The summed E-state index contributed by atoms with van der Waals surface area (Å²) in [6.45, 7) is 8.37. The van der Waals surface area contributed by atoms with Gasteiger partial charge < -0.3 is 10.1 Å². The Morgan fingerprint density at radius 3 is 2.47 bits per heavy atom. The second-order valence-corrected chi connectivity index (χ2v) is 9.47. The zero-order valence-corrected chi connectivity index (χ0v) is 20.4. The third-order valence-electron chi connectivity index (χ3n) is 5.73. The Kier molecular flexibility index (Phi) is 8.31. The van der Waals surface area contributed by atoms with Gasteiger partial charge in [0.2, 0.25) is 5.91 Å². The number of morpholine rings is 1. The molecule has 4 rings (SSSR count). The van der Waals surface area contributed by atoms with E-state index in [0.29, 0.717) is 17.5 Å². The van der Waals surface area contributed by atoms with Gasteiger partial charge in [0.15, 0.2) is 5.16 Å². The number of thioether (sulfide) groups is 1. The molecule has 1 saturated heterocycles. The Morgan fingerprint density at radius 2 is 1.79 bits per heavy atom. The quantitative estimate of drug-likeness (QED) is 0.462. The normalized spacial score (nSPS) is 14.5. The standard InChI is InChI=1S/C25H30FN5O2S/c1-18(2)19-3-7-21(8-4-19)27-24(32)17-34-25-29-28-23(11-12-30-13-15-33-16-14-30)31(25)22-9-5-20(26)6-10-22/h3-10,18H,11-17H2,1-2H3,(H,27,32). The molecule has 2 heterocycles. The molecule has 1 amide bonds. The van der Waals surface area contributed by atoms with Crippen LogP contribution in [0.1, 0.15) is 31.2 Å². The third-order valence-corrected chi connectivity index (χ3v) is 6.66. The summed E-state index contributed by atoms with van der Waals surface area (Å²) in [7, 11) is 0. The summed E-state index contributed by atoms with van der Waals surface area (Å²) in [5.41, 5.74) is 2.76. The van der Waals surface area contributed by atoms with Gasteiger partial charge in [0.05, 0.1) is 19.0 Å². The Hall–Kier alpha value is -2.75. The van der Waals surface area contributed by atoms with Crippen LogP contribution in [0.5, 0.6) is 0 Å². The van der Waals surface area contributed by atoms with E-state index in [4.69, 9.17) is 4.74 Å². The first-order valence-corrected chi connectivity index (χ1v) is 12.5. The van der Waals surface area contributed by atoms with Gasteiger partial charge in [-0.2, -0.15) is 0 Å². The van der Waals surface area contributed by atoms with E-state index < -0.39 is 0 Å². The molecule has 180 valence electrons. The van der Waals surface area contributed by atoms with E-state index in [1.807, 2.05) is 28.8 Å². The van der Waals surface area contributed by atoms with Crippen LogP contribution in [-0.4, -0.2) is 64.2 Å². The molecule has 1 aromatic heterocycles. The van der Waals surface area contributed by atoms with E-state index in [-0.39, 0.29) is 17.5 Å². The maximum absolute atomic E-state index is 13.5. The Labute approximate surface area is 203 Å². The van der Waals surface area contributed by atoms with Gasteiger partial charge in [0.1, 0.15) is 11.6 Å². The van der Waals surface area contributed by atoms with Crippen LogP contribution in [0.3, 0.4) is 0 Å². The van der Waals surface area contributed by atoms with E-state index in [1.165, 1.54) is 29.5 Å². The number of amides is 1. The Morgan fingerprint density at radius 1 is 1.09 bits per heavy atom. The highest BCUT2D eigenvalue weighted by molar-refractivity contribution is 7.99. The van der Waals surface area contributed by atoms with Gasteiger partial charge in [-0.1, -0.05) is 37.7 Å². The number of ether oxygens (including phenoxy) is 1. The van der Waals surface area contributed by atoms with Gasteiger partial charge in [-0.3, -0.25) is 14.3 Å². The highest BCUT2D eigenvalue weighted by Gasteiger charge is 2.18. The molecule has 9 heteroatoms. The van der Waals surface area contributed by atoms with E-state index in [9.17, 15) is 9.18 Å². The molecule has 0 bridgehead atoms. The minimum atomic E-state index is -0.302. The van der Waals surface area contributed by atoms with Crippen molar-refractivity contribution in [1.82, 2.24) is 19.7 Å².